The van der Waals surface area contributed by atoms with Gasteiger partial charge in [0.25, 0.3) is 0 Å². The molecular formula is C14H22O2. The van der Waals surface area contributed by atoms with Gasteiger partial charge < -0.3 is 10.2 Å². The van der Waals surface area contributed by atoms with Crippen LogP contribution in [0.1, 0.15) is 51.0 Å². The van der Waals surface area contributed by atoms with E-state index in [-0.39, 0.29) is 11.8 Å². The molecule has 90 valence electrons. The lowest BCUT2D eigenvalue weighted by Gasteiger charge is -2.18. The first-order valence-electron chi connectivity index (χ1n) is 5.89. The Kier molecular flexibility index (Phi) is 4.51. The van der Waals surface area contributed by atoms with Crippen LogP contribution in [0.15, 0.2) is 24.3 Å². The second kappa shape index (κ2) is 5.46. The maximum atomic E-state index is 9.87. The fraction of sp³-hybridized carbons (Fsp3) is 0.571. The molecule has 0 fully saturated rings. The Morgan fingerprint density at radius 2 is 0.938 bits per heavy atom. The van der Waals surface area contributed by atoms with E-state index in [9.17, 15) is 10.2 Å². The summed E-state index contributed by atoms with van der Waals surface area (Å²) < 4.78 is 0. The van der Waals surface area contributed by atoms with Crippen LogP contribution in [0.3, 0.4) is 0 Å². The average molecular weight is 222 g/mol. The van der Waals surface area contributed by atoms with Crippen molar-refractivity contribution < 1.29 is 10.2 Å². The summed E-state index contributed by atoms with van der Waals surface area (Å²) in [5, 5.41) is 19.7. The topological polar surface area (TPSA) is 40.5 Å². The quantitative estimate of drug-likeness (QED) is 0.822. The minimum absolute atomic E-state index is 0.209. The summed E-state index contributed by atoms with van der Waals surface area (Å²) in [6.45, 7) is 7.95. The average Bonchev–Trinajstić information content (AvgIpc) is 2.27. The van der Waals surface area contributed by atoms with Gasteiger partial charge in [-0.05, 0) is 23.0 Å². The normalized spacial score (nSPS) is 15.5. The largest absolute Gasteiger partial charge is 0.388 e. The van der Waals surface area contributed by atoms with Crippen molar-refractivity contribution in [2.45, 2.75) is 39.9 Å². The molecule has 2 heteroatoms. The molecule has 1 aromatic carbocycles. The van der Waals surface area contributed by atoms with Crippen LogP contribution in [0.5, 0.6) is 0 Å². The predicted octanol–water partition coefficient (Wildman–Crippen LogP) is 3.07. The first-order chi connectivity index (χ1) is 7.43. The molecule has 2 nitrogen and oxygen atoms in total. The SMILES string of the molecule is CC(C)C(O)c1ccc(C(O)C(C)C)cc1. The molecule has 0 amide bonds. The third kappa shape index (κ3) is 3.06. The molecule has 0 aliphatic rings. The van der Waals surface area contributed by atoms with Gasteiger partial charge in [-0.2, -0.15) is 0 Å². The second-order valence-electron chi connectivity index (χ2n) is 5.04. The molecule has 1 rings (SSSR count). The molecular weight excluding hydrogens is 200 g/mol. The van der Waals surface area contributed by atoms with Crippen molar-refractivity contribution in [3.8, 4) is 0 Å². The van der Waals surface area contributed by atoms with Gasteiger partial charge >= 0.3 is 0 Å². The molecule has 2 atom stereocenters. The summed E-state index contributed by atoms with van der Waals surface area (Å²) in [4.78, 5) is 0. The molecule has 0 aliphatic heterocycles. The summed E-state index contributed by atoms with van der Waals surface area (Å²) in [6.07, 6.45) is -0.851. The third-order valence-electron chi connectivity index (χ3n) is 2.88. The van der Waals surface area contributed by atoms with Crippen molar-refractivity contribution >= 4 is 0 Å². The zero-order valence-corrected chi connectivity index (χ0v) is 10.5. The van der Waals surface area contributed by atoms with Crippen LogP contribution in [-0.2, 0) is 0 Å². The van der Waals surface area contributed by atoms with E-state index in [2.05, 4.69) is 0 Å². The zero-order valence-electron chi connectivity index (χ0n) is 10.5. The van der Waals surface area contributed by atoms with Crippen molar-refractivity contribution in [1.29, 1.82) is 0 Å². The van der Waals surface area contributed by atoms with Gasteiger partial charge in [-0.15, -0.1) is 0 Å². The molecule has 2 N–H and O–H groups in total. The van der Waals surface area contributed by atoms with Crippen molar-refractivity contribution in [3.05, 3.63) is 35.4 Å². The van der Waals surface area contributed by atoms with Gasteiger partial charge in [0.2, 0.25) is 0 Å². The van der Waals surface area contributed by atoms with Gasteiger partial charge in [-0.3, -0.25) is 0 Å². The van der Waals surface area contributed by atoms with Gasteiger partial charge in [-0.25, -0.2) is 0 Å². The number of hydrogen-bond donors (Lipinski definition) is 2. The Hall–Kier alpha value is -0.860. The van der Waals surface area contributed by atoms with Crippen LogP contribution in [0.4, 0.5) is 0 Å². The van der Waals surface area contributed by atoms with Gasteiger partial charge in [-0.1, -0.05) is 52.0 Å². The molecule has 0 saturated heterocycles. The van der Waals surface area contributed by atoms with Crippen LogP contribution in [-0.4, -0.2) is 10.2 Å². The van der Waals surface area contributed by atoms with E-state index in [1.54, 1.807) is 0 Å². The highest BCUT2D eigenvalue weighted by molar-refractivity contribution is 5.26. The van der Waals surface area contributed by atoms with E-state index in [0.29, 0.717) is 0 Å². The molecule has 0 heterocycles. The van der Waals surface area contributed by atoms with Crippen molar-refractivity contribution in [3.63, 3.8) is 0 Å². The maximum absolute atomic E-state index is 9.87. The molecule has 0 bridgehead atoms. The lowest BCUT2D eigenvalue weighted by molar-refractivity contribution is 0.123. The first-order valence-corrected chi connectivity index (χ1v) is 5.89. The molecule has 0 aliphatic carbocycles. The Balaban J connectivity index is 2.83. The molecule has 0 aromatic heterocycles. The summed E-state index contributed by atoms with van der Waals surface area (Å²) in [5.41, 5.74) is 1.82. The highest BCUT2D eigenvalue weighted by Gasteiger charge is 2.14. The van der Waals surface area contributed by atoms with Crippen molar-refractivity contribution in [1.82, 2.24) is 0 Å². The van der Waals surface area contributed by atoms with Crippen molar-refractivity contribution in [2.24, 2.45) is 11.8 Å². The summed E-state index contributed by atoms with van der Waals surface area (Å²) in [7, 11) is 0. The fourth-order valence-corrected chi connectivity index (χ4v) is 1.66. The van der Waals surface area contributed by atoms with Crippen molar-refractivity contribution in [2.75, 3.05) is 0 Å². The zero-order chi connectivity index (χ0) is 12.3. The second-order valence-corrected chi connectivity index (χ2v) is 5.04. The first kappa shape index (κ1) is 13.2. The standard InChI is InChI=1S/C14H22O2/c1-9(2)13(15)11-5-7-12(8-6-11)14(16)10(3)4/h5-10,13-16H,1-4H3. The summed E-state index contributed by atoms with van der Waals surface area (Å²) in [5.74, 6) is 0.418. The summed E-state index contributed by atoms with van der Waals surface area (Å²) in [6, 6.07) is 7.58. The maximum Gasteiger partial charge on any atom is 0.0812 e. The van der Waals surface area contributed by atoms with E-state index in [0.717, 1.165) is 11.1 Å². The molecule has 0 saturated carbocycles. The van der Waals surface area contributed by atoms with Gasteiger partial charge in [0.1, 0.15) is 0 Å². The lowest BCUT2D eigenvalue weighted by Crippen LogP contribution is -2.08. The minimum Gasteiger partial charge on any atom is -0.388 e. The fourth-order valence-electron chi connectivity index (χ4n) is 1.66. The lowest BCUT2D eigenvalue weighted by atomic mass is 9.94. The van der Waals surface area contributed by atoms with Gasteiger partial charge in [0, 0.05) is 0 Å². The number of aliphatic hydroxyl groups is 2. The van der Waals surface area contributed by atoms with Crippen LogP contribution in [0.2, 0.25) is 0 Å². The van der Waals surface area contributed by atoms with E-state index in [4.69, 9.17) is 0 Å². The van der Waals surface area contributed by atoms with Crippen LogP contribution in [0.25, 0.3) is 0 Å². The smallest absolute Gasteiger partial charge is 0.0812 e. The van der Waals surface area contributed by atoms with E-state index >= 15 is 0 Å². The molecule has 16 heavy (non-hydrogen) atoms. The third-order valence-corrected chi connectivity index (χ3v) is 2.88. The Morgan fingerprint density at radius 3 is 1.12 bits per heavy atom. The number of rotatable bonds is 4. The Morgan fingerprint density at radius 1 is 0.688 bits per heavy atom. The van der Waals surface area contributed by atoms with E-state index in [1.165, 1.54) is 0 Å². The number of aliphatic hydroxyl groups excluding tert-OH is 2. The Bertz CT molecular complexity index is 281. The van der Waals surface area contributed by atoms with Crippen LogP contribution >= 0.6 is 0 Å². The van der Waals surface area contributed by atoms with Gasteiger partial charge in [0.15, 0.2) is 0 Å². The minimum atomic E-state index is -0.426. The monoisotopic (exact) mass is 222 g/mol. The molecule has 2 unspecified atom stereocenters. The Labute approximate surface area is 97.9 Å². The van der Waals surface area contributed by atoms with Gasteiger partial charge in [0.05, 0.1) is 12.2 Å². The predicted molar refractivity (Wildman–Crippen MR) is 66.0 cm³/mol. The highest BCUT2D eigenvalue weighted by atomic mass is 16.3. The van der Waals surface area contributed by atoms with Crippen LogP contribution in [0, 0.1) is 11.8 Å². The summed E-state index contributed by atoms with van der Waals surface area (Å²) >= 11 is 0. The highest BCUT2D eigenvalue weighted by Crippen LogP contribution is 2.25. The molecule has 0 spiro atoms. The number of benzene rings is 1. The molecule has 0 radical (unpaired) electrons. The van der Waals surface area contributed by atoms with E-state index < -0.39 is 12.2 Å². The van der Waals surface area contributed by atoms with E-state index in [1.807, 2.05) is 52.0 Å². The van der Waals surface area contributed by atoms with Crippen LogP contribution < -0.4 is 0 Å². The molecule has 1 aromatic rings. The number of hydrogen-bond acceptors (Lipinski definition) is 2.